The Morgan fingerprint density at radius 2 is 1.76 bits per heavy atom. The summed E-state index contributed by atoms with van der Waals surface area (Å²) >= 11 is 0. The Kier molecular flexibility index (Phi) is 11.6. The number of carbonyl (C=O) groups is 3. The number of nitrogens with two attached hydrogens (primary N) is 1. The van der Waals surface area contributed by atoms with E-state index in [0.29, 0.717) is 36.7 Å². The molecule has 0 bridgehead atoms. The van der Waals surface area contributed by atoms with E-state index in [9.17, 15) is 14.4 Å². The van der Waals surface area contributed by atoms with Crippen LogP contribution in [-0.4, -0.2) is 58.0 Å². The third-order valence-electron chi connectivity index (χ3n) is 4.79. The first-order valence-electron chi connectivity index (χ1n) is 11.0. The Hall–Kier alpha value is -3.43. The highest BCUT2D eigenvalue weighted by Gasteiger charge is 2.30. The van der Waals surface area contributed by atoms with Crippen molar-refractivity contribution in [3.63, 3.8) is 0 Å². The average Bonchev–Trinajstić information content (AvgIpc) is 2.84. The highest BCUT2D eigenvalue weighted by Crippen LogP contribution is 2.25. The maximum atomic E-state index is 13.3. The van der Waals surface area contributed by atoms with E-state index in [4.69, 9.17) is 29.4 Å². The van der Waals surface area contributed by atoms with Crippen LogP contribution in [0.15, 0.2) is 48.5 Å². The van der Waals surface area contributed by atoms with Gasteiger partial charge in [0.15, 0.2) is 12.6 Å². The molecule has 2 N–H and O–H groups in total. The van der Waals surface area contributed by atoms with Crippen molar-refractivity contribution in [2.45, 2.75) is 19.8 Å². The molecule has 34 heavy (non-hydrogen) atoms. The first-order chi connectivity index (χ1) is 16.5. The molecule has 2 aromatic rings. The standard InChI is InChI=1S/C25H31NO8/c1-3-32-25(29)21(11-7-13-33-19-9-6-8-18(16-19)24(26)28)23(27)20-10-4-5-12-22(20)34-17-31-15-14-30-2/h4-6,8-10,12,16,21H,3,7,11,13-15,17H2,1-2H3,(H2,26,28). The molecule has 0 aliphatic rings. The molecular formula is C25H31NO8. The number of carbonyl (C=O) groups excluding carboxylic acids is 3. The summed E-state index contributed by atoms with van der Waals surface area (Å²) in [5.74, 6) is -1.78. The molecule has 0 aromatic heterocycles. The summed E-state index contributed by atoms with van der Waals surface area (Å²) in [4.78, 5) is 37.2. The summed E-state index contributed by atoms with van der Waals surface area (Å²) < 4.78 is 26.6. The molecule has 1 unspecified atom stereocenters. The monoisotopic (exact) mass is 473 g/mol. The number of esters is 1. The van der Waals surface area contributed by atoms with E-state index >= 15 is 0 Å². The van der Waals surface area contributed by atoms with Crippen LogP contribution in [0.25, 0.3) is 0 Å². The summed E-state index contributed by atoms with van der Waals surface area (Å²) in [5.41, 5.74) is 5.89. The number of amides is 1. The van der Waals surface area contributed by atoms with Gasteiger partial charge in [0.2, 0.25) is 5.91 Å². The van der Waals surface area contributed by atoms with Crippen LogP contribution in [0.4, 0.5) is 0 Å². The van der Waals surface area contributed by atoms with E-state index in [1.54, 1.807) is 62.6 Å². The van der Waals surface area contributed by atoms with E-state index in [1.807, 2.05) is 0 Å². The Morgan fingerprint density at radius 1 is 0.971 bits per heavy atom. The molecule has 0 saturated carbocycles. The highest BCUT2D eigenvalue weighted by atomic mass is 16.7. The smallest absolute Gasteiger partial charge is 0.316 e. The molecule has 2 aromatic carbocycles. The van der Waals surface area contributed by atoms with Crippen LogP contribution in [0, 0.1) is 5.92 Å². The first-order valence-corrected chi connectivity index (χ1v) is 11.0. The van der Waals surface area contributed by atoms with Crippen LogP contribution < -0.4 is 15.2 Å². The summed E-state index contributed by atoms with van der Waals surface area (Å²) in [6.07, 6.45) is 0.616. The van der Waals surface area contributed by atoms with Crippen molar-refractivity contribution in [1.82, 2.24) is 0 Å². The van der Waals surface area contributed by atoms with Gasteiger partial charge in [-0.05, 0) is 50.1 Å². The lowest BCUT2D eigenvalue weighted by Crippen LogP contribution is -2.27. The molecule has 0 saturated heterocycles. The highest BCUT2D eigenvalue weighted by molar-refractivity contribution is 6.10. The van der Waals surface area contributed by atoms with Crippen LogP contribution in [0.5, 0.6) is 11.5 Å². The van der Waals surface area contributed by atoms with Gasteiger partial charge in [-0.1, -0.05) is 18.2 Å². The molecule has 9 heteroatoms. The predicted molar refractivity (Wildman–Crippen MR) is 124 cm³/mol. The second-order valence-corrected chi connectivity index (χ2v) is 7.21. The van der Waals surface area contributed by atoms with E-state index in [2.05, 4.69) is 0 Å². The molecule has 0 spiro atoms. The Bertz CT molecular complexity index is 946. The minimum absolute atomic E-state index is 0.0596. The van der Waals surface area contributed by atoms with Crippen molar-refractivity contribution < 1.29 is 38.1 Å². The zero-order valence-electron chi connectivity index (χ0n) is 19.5. The third-order valence-corrected chi connectivity index (χ3v) is 4.79. The summed E-state index contributed by atoms with van der Waals surface area (Å²) in [5, 5.41) is 0. The number of methoxy groups -OCH3 is 1. The fraction of sp³-hybridized carbons (Fsp3) is 0.400. The largest absolute Gasteiger partial charge is 0.494 e. The lowest BCUT2D eigenvalue weighted by molar-refractivity contribution is -0.146. The van der Waals surface area contributed by atoms with Crippen molar-refractivity contribution in [3.8, 4) is 11.5 Å². The van der Waals surface area contributed by atoms with Crippen molar-refractivity contribution in [2.75, 3.05) is 40.3 Å². The van der Waals surface area contributed by atoms with Crippen LogP contribution >= 0.6 is 0 Å². The third kappa shape index (κ3) is 8.49. The lowest BCUT2D eigenvalue weighted by atomic mass is 9.93. The summed E-state index contributed by atoms with van der Waals surface area (Å²) in [7, 11) is 1.57. The molecule has 0 fully saturated rings. The molecular weight excluding hydrogens is 442 g/mol. The molecule has 0 radical (unpaired) electrons. The number of benzene rings is 2. The quantitative estimate of drug-likeness (QED) is 0.130. The van der Waals surface area contributed by atoms with Crippen molar-refractivity contribution in [1.29, 1.82) is 0 Å². The van der Waals surface area contributed by atoms with Gasteiger partial charge in [0.25, 0.3) is 0 Å². The van der Waals surface area contributed by atoms with Gasteiger partial charge >= 0.3 is 5.97 Å². The zero-order valence-corrected chi connectivity index (χ0v) is 19.5. The van der Waals surface area contributed by atoms with Gasteiger partial charge in [0.1, 0.15) is 17.4 Å². The molecule has 2 rings (SSSR count). The lowest BCUT2D eigenvalue weighted by Gasteiger charge is -2.17. The molecule has 0 heterocycles. The number of primary amides is 1. The number of ether oxygens (including phenoxy) is 5. The molecule has 9 nitrogen and oxygen atoms in total. The summed E-state index contributed by atoms with van der Waals surface area (Å²) in [6.45, 7) is 2.78. The fourth-order valence-electron chi connectivity index (χ4n) is 3.11. The zero-order chi connectivity index (χ0) is 24.8. The number of para-hydroxylation sites is 1. The van der Waals surface area contributed by atoms with Crippen LogP contribution in [0.2, 0.25) is 0 Å². The minimum Gasteiger partial charge on any atom is -0.494 e. The second kappa shape index (κ2) is 14.7. The van der Waals surface area contributed by atoms with E-state index < -0.39 is 23.6 Å². The molecule has 0 aliphatic carbocycles. The van der Waals surface area contributed by atoms with Gasteiger partial charge in [0, 0.05) is 12.7 Å². The number of rotatable bonds is 16. The number of ketones is 1. The Labute approximate surface area is 199 Å². The fourth-order valence-corrected chi connectivity index (χ4v) is 3.11. The van der Waals surface area contributed by atoms with Crippen molar-refractivity contribution in [2.24, 2.45) is 11.7 Å². The van der Waals surface area contributed by atoms with E-state index in [1.165, 1.54) is 0 Å². The van der Waals surface area contributed by atoms with Gasteiger partial charge in [-0.15, -0.1) is 0 Å². The predicted octanol–water partition coefficient (Wildman–Crippen LogP) is 3.01. The SMILES string of the molecule is CCOC(=O)C(CCCOc1cccc(C(N)=O)c1)C(=O)c1ccccc1OCOCCOC. The van der Waals surface area contributed by atoms with Gasteiger partial charge in [-0.2, -0.15) is 0 Å². The van der Waals surface area contributed by atoms with E-state index in [0.717, 1.165) is 0 Å². The average molecular weight is 474 g/mol. The molecule has 1 amide bonds. The van der Waals surface area contributed by atoms with Crippen LogP contribution in [0.1, 0.15) is 40.5 Å². The van der Waals surface area contributed by atoms with Gasteiger partial charge in [-0.25, -0.2) is 0 Å². The number of hydrogen-bond acceptors (Lipinski definition) is 8. The van der Waals surface area contributed by atoms with Crippen LogP contribution in [0.3, 0.4) is 0 Å². The number of hydrogen-bond donors (Lipinski definition) is 1. The number of Topliss-reactive ketones (excluding diaryl/α,β-unsaturated/α-hetero) is 1. The molecule has 0 aliphatic heterocycles. The maximum Gasteiger partial charge on any atom is 0.316 e. The van der Waals surface area contributed by atoms with E-state index in [-0.39, 0.29) is 32.0 Å². The summed E-state index contributed by atoms with van der Waals surface area (Å²) in [6, 6.07) is 13.2. The van der Waals surface area contributed by atoms with Crippen molar-refractivity contribution in [3.05, 3.63) is 59.7 Å². The molecule has 1 atom stereocenters. The van der Waals surface area contributed by atoms with Crippen molar-refractivity contribution >= 4 is 17.7 Å². The Balaban J connectivity index is 2.02. The normalized spacial score (nSPS) is 11.5. The minimum atomic E-state index is -1.01. The van der Waals surface area contributed by atoms with Gasteiger partial charge in [-0.3, -0.25) is 14.4 Å². The maximum absolute atomic E-state index is 13.3. The molecule has 184 valence electrons. The second-order valence-electron chi connectivity index (χ2n) is 7.21. The Morgan fingerprint density at radius 3 is 2.50 bits per heavy atom. The van der Waals surface area contributed by atoms with Crippen LogP contribution in [-0.2, 0) is 19.0 Å². The topological polar surface area (TPSA) is 123 Å². The van der Waals surface area contributed by atoms with Gasteiger partial charge < -0.3 is 29.4 Å². The van der Waals surface area contributed by atoms with Gasteiger partial charge in [0.05, 0.1) is 32.0 Å². The first kappa shape index (κ1) is 26.8.